The minimum atomic E-state index is -0.770. The molecule has 0 aromatic carbocycles. The van der Waals surface area contributed by atoms with Crippen molar-refractivity contribution in [2.24, 2.45) is 5.92 Å². The molecule has 1 aliphatic carbocycles. The van der Waals surface area contributed by atoms with Crippen LogP contribution in [-0.4, -0.2) is 65.2 Å². The Morgan fingerprint density at radius 3 is 2.60 bits per heavy atom. The van der Waals surface area contributed by atoms with E-state index in [0.717, 1.165) is 32.0 Å². The van der Waals surface area contributed by atoms with Crippen LogP contribution < -0.4 is 5.32 Å². The lowest BCUT2D eigenvalue weighted by Gasteiger charge is -2.21. The van der Waals surface area contributed by atoms with Crippen molar-refractivity contribution in [3.05, 3.63) is 0 Å². The summed E-state index contributed by atoms with van der Waals surface area (Å²) in [7, 11) is 0. The highest BCUT2D eigenvalue weighted by atomic mass is 16.4. The van der Waals surface area contributed by atoms with Gasteiger partial charge in [-0.2, -0.15) is 0 Å². The first-order chi connectivity index (χ1) is 9.61. The van der Waals surface area contributed by atoms with E-state index in [0.29, 0.717) is 13.1 Å². The Hall–Kier alpha value is -1.30. The summed E-state index contributed by atoms with van der Waals surface area (Å²) in [5.74, 6) is -0.655. The number of aliphatic carboxylic acids is 1. The molecule has 2 amide bonds. The highest BCUT2D eigenvalue weighted by molar-refractivity contribution is 5.75. The molecule has 20 heavy (non-hydrogen) atoms. The van der Waals surface area contributed by atoms with Gasteiger partial charge >= 0.3 is 12.0 Å². The Labute approximate surface area is 119 Å². The number of urea groups is 1. The molecule has 3 aliphatic rings. The van der Waals surface area contributed by atoms with Gasteiger partial charge in [-0.05, 0) is 31.6 Å². The Kier molecular flexibility index (Phi) is 3.83. The Morgan fingerprint density at radius 1 is 1.10 bits per heavy atom. The van der Waals surface area contributed by atoms with E-state index in [2.05, 4.69) is 10.2 Å². The average molecular weight is 281 g/mol. The van der Waals surface area contributed by atoms with E-state index in [1.54, 1.807) is 4.90 Å². The molecule has 0 spiro atoms. The summed E-state index contributed by atoms with van der Waals surface area (Å²) in [5.41, 5.74) is 0. The minimum absolute atomic E-state index is 0.0134. The van der Waals surface area contributed by atoms with Crippen molar-refractivity contribution < 1.29 is 14.7 Å². The Balaban J connectivity index is 1.42. The second-order valence-electron chi connectivity index (χ2n) is 6.36. The van der Waals surface area contributed by atoms with Crippen LogP contribution in [0.3, 0.4) is 0 Å². The smallest absolute Gasteiger partial charge is 0.317 e. The normalized spacial score (nSPS) is 30.7. The van der Waals surface area contributed by atoms with E-state index in [9.17, 15) is 9.59 Å². The third kappa shape index (κ3) is 3.23. The largest absolute Gasteiger partial charge is 0.481 e. The number of amides is 2. The van der Waals surface area contributed by atoms with Gasteiger partial charge in [0.25, 0.3) is 0 Å². The van der Waals surface area contributed by atoms with Crippen LogP contribution in [0, 0.1) is 5.92 Å². The molecule has 0 aromatic heterocycles. The third-order valence-electron chi connectivity index (χ3n) is 4.65. The zero-order valence-electron chi connectivity index (χ0n) is 11.8. The van der Waals surface area contributed by atoms with Gasteiger partial charge in [-0.3, -0.25) is 9.69 Å². The number of hydrogen-bond acceptors (Lipinski definition) is 3. The topological polar surface area (TPSA) is 72.9 Å². The van der Waals surface area contributed by atoms with Crippen LogP contribution in [0.25, 0.3) is 0 Å². The van der Waals surface area contributed by atoms with E-state index in [4.69, 9.17) is 5.11 Å². The fraction of sp³-hybridized carbons (Fsp3) is 0.857. The Bertz CT molecular complexity index is 397. The van der Waals surface area contributed by atoms with Gasteiger partial charge in [-0.1, -0.05) is 0 Å². The summed E-state index contributed by atoms with van der Waals surface area (Å²) < 4.78 is 0. The van der Waals surface area contributed by atoms with E-state index < -0.39 is 5.97 Å². The zero-order valence-corrected chi connectivity index (χ0v) is 11.8. The van der Waals surface area contributed by atoms with Crippen molar-refractivity contribution in [3.63, 3.8) is 0 Å². The van der Waals surface area contributed by atoms with Crippen LogP contribution in [0.4, 0.5) is 4.79 Å². The highest BCUT2D eigenvalue weighted by Crippen LogP contribution is 2.30. The van der Waals surface area contributed by atoms with Crippen molar-refractivity contribution in [2.45, 2.75) is 44.2 Å². The number of carboxylic acid groups (broad SMARTS) is 1. The SMILES string of the molecule is O=C(O)CC1CCN(C(=O)NC2CCN(C3CC3)C2)C1. The first-order valence-electron chi connectivity index (χ1n) is 7.63. The molecule has 6 nitrogen and oxygen atoms in total. The van der Waals surface area contributed by atoms with E-state index in [-0.39, 0.29) is 24.4 Å². The van der Waals surface area contributed by atoms with Gasteiger partial charge in [0.2, 0.25) is 0 Å². The molecule has 2 heterocycles. The molecule has 2 unspecified atom stereocenters. The van der Waals surface area contributed by atoms with E-state index in [1.165, 1.54) is 12.8 Å². The highest BCUT2D eigenvalue weighted by Gasteiger charge is 2.36. The summed E-state index contributed by atoms with van der Waals surface area (Å²) in [6.07, 6.45) is 4.63. The number of nitrogens with one attached hydrogen (secondary N) is 1. The first kappa shape index (κ1) is 13.7. The number of nitrogens with zero attached hydrogens (tertiary/aromatic N) is 2. The van der Waals surface area contributed by atoms with Crippen molar-refractivity contribution >= 4 is 12.0 Å². The number of carbonyl (C=O) groups is 2. The fourth-order valence-electron chi connectivity index (χ4n) is 3.37. The molecule has 6 heteroatoms. The van der Waals surface area contributed by atoms with Gasteiger partial charge in [-0.25, -0.2) is 4.79 Å². The van der Waals surface area contributed by atoms with Crippen LogP contribution in [0.2, 0.25) is 0 Å². The number of carbonyl (C=O) groups excluding carboxylic acids is 1. The molecule has 2 aliphatic heterocycles. The van der Waals surface area contributed by atoms with Crippen molar-refractivity contribution in [2.75, 3.05) is 26.2 Å². The van der Waals surface area contributed by atoms with Crippen LogP contribution >= 0.6 is 0 Å². The monoisotopic (exact) mass is 281 g/mol. The molecule has 0 bridgehead atoms. The van der Waals surface area contributed by atoms with Crippen molar-refractivity contribution in [1.29, 1.82) is 0 Å². The second kappa shape index (κ2) is 5.60. The van der Waals surface area contributed by atoms with Gasteiger partial charge in [-0.15, -0.1) is 0 Å². The fourth-order valence-corrected chi connectivity index (χ4v) is 3.37. The van der Waals surface area contributed by atoms with Crippen LogP contribution in [0.5, 0.6) is 0 Å². The number of rotatable bonds is 4. The molecule has 2 N–H and O–H groups in total. The Morgan fingerprint density at radius 2 is 1.90 bits per heavy atom. The van der Waals surface area contributed by atoms with Gasteiger partial charge in [0.15, 0.2) is 0 Å². The van der Waals surface area contributed by atoms with Gasteiger partial charge in [0.05, 0.1) is 0 Å². The van der Waals surface area contributed by atoms with E-state index >= 15 is 0 Å². The number of likely N-dealkylation sites (tertiary alicyclic amines) is 2. The maximum absolute atomic E-state index is 12.2. The molecule has 0 radical (unpaired) electrons. The van der Waals surface area contributed by atoms with Gasteiger partial charge < -0.3 is 15.3 Å². The van der Waals surface area contributed by atoms with Crippen LogP contribution in [0.15, 0.2) is 0 Å². The first-order valence-corrected chi connectivity index (χ1v) is 7.63. The summed E-state index contributed by atoms with van der Waals surface area (Å²) >= 11 is 0. The van der Waals surface area contributed by atoms with E-state index in [1.807, 2.05) is 0 Å². The zero-order chi connectivity index (χ0) is 14.1. The molecule has 1 saturated carbocycles. The van der Waals surface area contributed by atoms with Crippen molar-refractivity contribution in [3.8, 4) is 0 Å². The van der Waals surface area contributed by atoms with Crippen LogP contribution in [0.1, 0.15) is 32.1 Å². The average Bonchev–Trinajstić information content (AvgIpc) is 2.96. The maximum Gasteiger partial charge on any atom is 0.317 e. The standard InChI is InChI=1S/C14H23N3O3/c18-13(19)7-10-3-5-17(8-10)14(20)15-11-4-6-16(9-11)12-1-2-12/h10-12H,1-9H2,(H,15,20)(H,18,19). The molecule has 2 atom stereocenters. The predicted octanol–water partition coefficient (Wildman–Crippen LogP) is 0.729. The molecule has 112 valence electrons. The molecule has 3 rings (SSSR count). The lowest BCUT2D eigenvalue weighted by molar-refractivity contribution is -0.138. The maximum atomic E-state index is 12.2. The van der Waals surface area contributed by atoms with Gasteiger partial charge in [0.1, 0.15) is 0 Å². The summed E-state index contributed by atoms with van der Waals surface area (Å²) in [4.78, 5) is 27.1. The van der Waals surface area contributed by atoms with Crippen LogP contribution in [-0.2, 0) is 4.79 Å². The molecular weight excluding hydrogens is 258 g/mol. The lowest BCUT2D eigenvalue weighted by Crippen LogP contribution is -2.45. The quantitative estimate of drug-likeness (QED) is 0.797. The third-order valence-corrected chi connectivity index (χ3v) is 4.65. The predicted molar refractivity (Wildman–Crippen MR) is 73.5 cm³/mol. The molecule has 3 fully saturated rings. The van der Waals surface area contributed by atoms with Crippen molar-refractivity contribution in [1.82, 2.24) is 15.1 Å². The minimum Gasteiger partial charge on any atom is -0.481 e. The second-order valence-corrected chi connectivity index (χ2v) is 6.36. The summed E-state index contributed by atoms with van der Waals surface area (Å²) in [5, 5.41) is 11.9. The lowest BCUT2D eigenvalue weighted by atomic mass is 10.1. The summed E-state index contributed by atoms with van der Waals surface area (Å²) in [6, 6.07) is 1.02. The molecule has 0 aromatic rings. The number of hydrogen-bond donors (Lipinski definition) is 2. The number of carboxylic acids is 1. The summed E-state index contributed by atoms with van der Waals surface area (Å²) in [6.45, 7) is 3.33. The molecular formula is C14H23N3O3. The molecule has 2 saturated heterocycles. The van der Waals surface area contributed by atoms with Gasteiger partial charge in [0, 0.05) is 44.7 Å².